The van der Waals surface area contributed by atoms with E-state index in [9.17, 15) is 4.79 Å². The number of pyridine rings is 1. The minimum absolute atomic E-state index is 0.235. The molecule has 2 aliphatic rings. The van der Waals surface area contributed by atoms with E-state index < -0.39 is 0 Å². The summed E-state index contributed by atoms with van der Waals surface area (Å²) in [5.41, 5.74) is 0.954. The molecule has 1 aromatic rings. The molecule has 108 valence electrons. The van der Waals surface area contributed by atoms with Crippen molar-refractivity contribution in [3.05, 3.63) is 18.3 Å². The first-order valence-electron chi connectivity index (χ1n) is 7.43. The van der Waals surface area contributed by atoms with Crippen molar-refractivity contribution in [2.24, 2.45) is 5.92 Å². The number of likely N-dealkylation sites (N-methyl/N-ethyl adjacent to an activating group) is 1. The first-order chi connectivity index (χ1) is 9.75. The standard InChI is InChI=1S/C15H22N4O/c1-18-9-10-19(13-3-2-7-17-15(13)18)14(20)5-4-12-6-8-16-11-12/h2-3,7,12,16H,4-6,8-11H2,1H3. The predicted octanol–water partition coefficient (Wildman–Crippen LogP) is 1.25. The molecular formula is C15H22N4O. The maximum atomic E-state index is 12.5. The van der Waals surface area contributed by atoms with Crippen LogP contribution >= 0.6 is 0 Å². The molecule has 1 amide bonds. The Kier molecular flexibility index (Phi) is 3.87. The number of amides is 1. The fourth-order valence-corrected chi connectivity index (χ4v) is 3.05. The highest BCUT2D eigenvalue weighted by Gasteiger charge is 2.26. The zero-order valence-electron chi connectivity index (χ0n) is 12.0. The SMILES string of the molecule is CN1CCN(C(=O)CCC2CCNC2)c2cccnc21. The molecule has 3 heterocycles. The highest BCUT2D eigenvalue weighted by molar-refractivity contribution is 5.97. The van der Waals surface area contributed by atoms with Crippen LogP contribution in [0.1, 0.15) is 19.3 Å². The molecule has 3 rings (SSSR count). The van der Waals surface area contributed by atoms with Gasteiger partial charge in [0.25, 0.3) is 0 Å². The summed E-state index contributed by atoms with van der Waals surface area (Å²) < 4.78 is 0. The second-order valence-electron chi connectivity index (χ2n) is 5.71. The second kappa shape index (κ2) is 5.79. The Morgan fingerprint density at radius 1 is 1.50 bits per heavy atom. The Bertz CT molecular complexity index is 485. The molecule has 0 bridgehead atoms. The van der Waals surface area contributed by atoms with Crippen LogP contribution in [0, 0.1) is 5.92 Å². The zero-order chi connectivity index (χ0) is 13.9. The fraction of sp³-hybridized carbons (Fsp3) is 0.600. The molecular weight excluding hydrogens is 252 g/mol. The Balaban J connectivity index is 1.67. The van der Waals surface area contributed by atoms with Crippen molar-refractivity contribution in [2.75, 3.05) is 43.0 Å². The van der Waals surface area contributed by atoms with E-state index in [0.29, 0.717) is 12.3 Å². The van der Waals surface area contributed by atoms with Gasteiger partial charge >= 0.3 is 0 Å². The van der Waals surface area contributed by atoms with Crippen molar-refractivity contribution >= 4 is 17.4 Å². The fourth-order valence-electron chi connectivity index (χ4n) is 3.05. The average Bonchev–Trinajstić information content (AvgIpc) is 2.99. The zero-order valence-corrected chi connectivity index (χ0v) is 12.0. The first kappa shape index (κ1) is 13.4. The summed E-state index contributed by atoms with van der Waals surface area (Å²) in [5.74, 6) is 1.81. The van der Waals surface area contributed by atoms with Gasteiger partial charge in [-0.05, 0) is 44.0 Å². The summed E-state index contributed by atoms with van der Waals surface area (Å²) in [6, 6.07) is 3.90. The van der Waals surface area contributed by atoms with Gasteiger partial charge in [0.15, 0.2) is 5.82 Å². The van der Waals surface area contributed by atoms with Crippen molar-refractivity contribution in [1.29, 1.82) is 0 Å². The van der Waals surface area contributed by atoms with Crippen LogP contribution in [-0.2, 0) is 4.79 Å². The number of fused-ring (bicyclic) bond motifs is 1. The smallest absolute Gasteiger partial charge is 0.227 e. The van der Waals surface area contributed by atoms with E-state index >= 15 is 0 Å². The molecule has 0 spiro atoms. The van der Waals surface area contributed by atoms with E-state index in [1.165, 1.54) is 6.42 Å². The van der Waals surface area contributed by atoms with Crippen molar-refractivity contribution in [3.63, 3.8) is 0 Å². The van der Waals surface area contributed by atoms with Crippen LogP contribution in [-0.4, -0.2) is 44.1 Å². The number of aromatic nitrogens is 1. The molecule has 1 atom stereocenters. The van der Waals surface area contributed by atoms with Crippen molar-refractivity contribution in [1.82, 2.24) is 10.3 Å². The summed E-state index contributed by atoms with van der Waals surface area (Å²) in [6.45, 7) is 3.77. The summed E-state index contributed by atoms with van der Waals surface area (Å²) >= 11 is 0. The van der Waals surface area contributed by atoms with Gasteiger partial charge in [0.2, 0.25) is 5.91 Å². The van der Waals surface area contributed by atoms with Crippen molar-refractivity contribution in [2.45, 2.75) is 19.3 Å². The Morgan fingerprint density at radius 2 is 2.40 bits per heavy atom. The van der Waals surface area contributed by atoms with Crippen LogP contribution in [0.3, 0.4) is 0 Å². The number of hydrogen-bond donors (Lipinski definition) is 1. The van der Waals surface area contributed by atoms with Crippen molar-refractivity contribution < 1.29 is 4.79 Å². The number of nitrogens with one attached hydrogen (secondary N) is 1. The number of hydrogen-bond acceptors (Lipinski definition) is 4. The predicted molar refractivity (Wildman–Crippen MR) is 80.1 cm³/mol. The van der Waals surface area contributed by atoms with Crippen LogP contribution in [0.4, 0.5) is 11.5 Å². The lowest BCUT2D eigenvalue weighted by atomic mass is 10.0. The van der Waals surface area contributed by atoms with E-state index in [4.69, 9.17) is 0 Å². The number of nitrogens with zero attached hydrogens (tertiary/aromatic N) is 3. The van der Waals surface area contributed by atoms with Gasteiger partial charge in [-0.2, -0.15) is 0 Å². The molecule has 1 saturated heterocycles. The molecule has 1 fully saturated rings. The van der Waals surface area contributed by atoms with Gasteiger partial charge in [0, 0.05) is 32.8 Å². The highest BCUT2D eigenvalue weighted by Crippen LogP contribution is 2.30. The largest absolute Gasteiger partial charge is 0.356 e. The Labute approximate surface area is 120 Å². The summed E-state index contributed by atoms with van der Waals surface area (Å²) in [6.07, 6.45) is 4.62. The molecule has 1 unspecified atom stereocenters. The van der Waals surface area contributed by atoms with Gasteiger partial charge in [0.1, 0.15) is 0 Å². The maximum Gasteiger partial charge on any atom is 0.227 e. The topological polar surface area (TPSA) is 48.5 Å². The highest BCUT2D eigenvalue weighted by atomic mass is 16.2. The molecule has 0 aromatic carbocycles. The molecule has 20 heavy (non-hydrogen) atoms. The molecule has 1 aromatic heterocycles. The monoisotopic (exact) mass is 274 g/mol. The summed E-state index contributed by atoms with van der Waals surface area (Å²) in [5, 5.41) is 3.36. The number of anilines is 2. The van der Waals surface area contributed by atoms with Crippen LogP contribution in [0.15, 0.2) is 18.3 Å². The molecule has 5 heteroatoms. The van der Waals surface area contributed by atoms with Crippen LogP contribution < -0.4 is 15.1 Å². The Hall–Kier alpha value is -1.62. The molecule has 2 aliphatic heterocycles. The number of rotatable bonds is 3. The van der Waals surface area contributed by atoms with Gasteiger partial charge in [-0.25, -0.2) is 4.98 Å². The maximum absolute atomic E-state index is 12.5. The number of carbonyl (C=O) groups is 1. The first-order valence-corrected chi connectivity index (χ1v) is 7.43. The van der Waals surface area contributed by atoms with Crippen molar-refractivity contribution in [3.8, 4) is 0 Å². The molecule has 0 saturated carbocycles. The quantitative estimate of drug-likeness (QED) is 0.901. The lowest BCUT2D eigenvalue weighted by Crippen LogP contribution is -2.43. The van der Waals surface area contributed by atoms with Gasteiger partial charge in [-0.1, -0.05) is 0 Å². The van der Waals surface area contributed by atoms with Crippen LogP contribution in [0.5, 0.6) is 0 Å². The lowest BCUT2D eigenvalue weighted by molar-refractivity contribution is -0.118. The lowest BCUT2D eigenvalue weighted by Gasteiger charge is -2.34. The van der Waals surface area contributed by atoms with Crippen LogP contribution in [0.25, 0.3) is 0 Å². The summed E-state index contributed by atoms with van der Waals surface area (Å²) in [7, 11) is 2.03. The third-order valence-electron chi connectivity index (χ3n) is 4.31. The minimum Gasteiger partial charge on any atom is -0.356 e. The van der Waals surface area contributed by atoms with E-state index in [1.807, 2.05) is 24.1 Å². The van der Waals surface area contributed by atoms with Crippen LogP contribution in [0.2, 0.25) is 0 Å². The van der Waals surface area contributed by atoms with Gasteiger partial charge in [0.05, 0.1) is 5.69 Å². The average molecular weight is 274 g/mol. The Morgan fingerprint density at radius 3 is 3.20 bits per heavy atom. The summed E-state index contributed by atoms with van der Waals surface area (Å²) in [4.78, 5) is 20.9. The normalized spacial score (nSPS) is 21.9. The molecule has 0 radical (unpaired) electrons. The third-order valence-corrected chi connectivity index (χ3v) is 4.31. The van der Waals surface area contributed by atoms with E-state index in [0.717, 1.165) is 44.1 Å². The molecule has 0 aliphatic carbocycles. The van der Waals surface area contributed by atoms with Gasteiger partial charge in [-0.3, -0.25) is 4.79 Å². The van der Waals surface area contributed by atoms with E-state index in [1.54, 1.807) is 6.20 Å². The second-order valence-corrected chi connectivity index (χ2v) is 5.71. The molecule has 1 N–H and O–H groups in total. The van der Waals surface area contributed by atoms with E-state index in [-0.39, 0.29) is 5.91 Å². The van der Waals surface area contributed by atoms with Gasteiger partial charge < -0.3 is 15.1 Å². The number of carbonyl (C=O) groups excluding carboxylic acids is 1. The molecule has 5 nitrogen and oxygen atoms in total. The van der Waals surface area contributed by atoms with E-state index in [2.05, 4.69) is 15.2 Å². The minimum atomic E-state index is 0.235. The van der Waals surface area contributed by atoms with Gasteiger partial charge in [-0.15, -0.1) is 0 Å². The third kappa shape index (κ3) is 2.63.